The summed E-state index contributed by atoms with van der Waals surface area (Å²) < 4.78 is 5.72. The first kappa shape index (κ1) is 13.7. The van der Waals surface area contributed by atoms with Crippen molar-refractivity contribution < 1.29 is 4.74 Å². The van der Waals surface area contributed by atoms with Gasteiger partial charge in [-0.25, -0.2) is 0 Å². The Hall–Kier alpha value is -1.28. The lowest BCUT2D eigenvalue weighted by Gasteiger charge is -2.13. The lowest BCUT2D eigenvalue weighted by molar-refractivity contribution is 0.243. The second-order valence-electron chi connectivity index (χ2n) is 5.86. The van der Waals surface area contributed by atoms with Gasteiger partial charge in [-0.3, -0.25) is 4.98 Å². The molecule has 2 nitrogen and oxygen atoms in total. The van der Waals surface area contributed by atoms with Gasteiger partial charge in [0.1, 0.15) is 5.75 Å². The molecule has 2 aromatic rings. The zero-order valence-electron chi connectivity index (χ0n) is 12.0. The second kappa shape index (κ2) is 5.61. The number of fused-ring (bicyclic) bond motifs is 1. The van der Waals surface area contributed by atoms with Crippen molar-refractivity contribution in [2.75, 3.05) is 0 Å². The Morgan fingerprint density at radius 2 is 1.95 bits per heavy atom. The molecule has 1 aromatic heterocycles. The summed E-state index contributed by atoms with van der Waals surface area (Å²) in [4.78, 5) is 4.80. The molecule has 0 aliphatic heterocycles. The van der Waals surface area contributed by atoms with E-state index in [0.717, 1.165) is 27.4 Å². The van der Waals surface area contributed by atoms with E-state index in [2.05, 4.69) is 0 Å². The van der Waals surface area contributed by atoms with Gasteiger partial charge in [0.2, 0.25) is 0 Å². The van der Waals surface area contributed by atoms with Gasteiger partial charge in [0.05, 0.1) is 16.6 Å². The quantitative estimate of drug-likeness (QED) is 0.761. The van der Waals surface area contributed by atoms with Crippen molar-refractivity contribution in [3.05, 3.63) is 35.0 Å². The van der Waals surface area contributed by atoms with Crippen LogP contribution in [0.5, 0.6) is 5.75 Å². The van der Waals surface area contributed by atoms with Crippen LogP contribution in [-0.4, -0.2) is 11.1 Å². The zero-order chi connectivity index (χ0) is 14.1. The summed E-state index contributed by atoms with van der Waals surface area (Å²) in [7, 11) is 0. The highest BCUT2D eigenvalue weighted by Gasteiger charge is 2.19. The van der Waals surface area contributed by atoms with E-state index in [1.54, 1.807) is 0 Å². The molecule has 3 rings (SSSR count). The maximum atomic E-state index is 6.45. The fourth-order valence-corrected chi connectivity index (χ4v) is 3.22. The molecule has 1 fully saturated rings. The molecule has 1 heterocycles. The first-order valence-corrected chi connectivity index (χ1v) is 7.78. The van der Waals surface area contributed by atoms with Crippen molar-refractivity contribution in [2.45, 2.75) is 51.6 Å². The zero-order valence-corrected chi connectivity index (χ0v) is 12.8. The van der Waals surface area contributed by atoms with Crippen LogP contribution in [0.1, 0.15) is 51.1 Å². The minimum atomic E-state index is 0.164. The van der Waals surface area contributed by atoms with Crippen LogP contribution in [0, 0.1) is 0 Å². The van der Waals surface area contributed by atoms with Gasteiger partial charge in [0.25, 0.3) is 0 Å². The number of halogens is 1. The minimum absolute atomic E-state index is 0.164. The molecule has 106 valence electrons. The summed E-state index contributed by atoms with van der Waals surface area (Å²) in [6.45, 7) is 4.04. The van der Waals surface area contributed by atoms with Gasteiger partial charge in [-0.05, 0) is 51.0 Å². The van der Waals surface area contributed by atoms with E-state index in [0.29, 0.717) is 5.92 Å². The third-order valence-electron chi connectivity index (χ3n) is 3.89. The monoisotopic (exact) mass is 289 g/mol. The van der Waals surface area contributed by atoms with Gasteiger partial charge in [0, 0.05) is 17.0 Å². The Labute approximate surface area is 125 Å². The third kappa shape index (κ3) is 2.76. The first-order valence-electron chi connectivity index (χ1n) is 7.40. The number of nitrogens with zero attached hydrogens (tertiary/aromatic N) is 1. The van der Waals surface area contributed by atoms with Crippen LogP contribution < -0.4 is 4.74 Å². The number of hydrogen-bond donors (Lipinski definition) is 0. The standard InChI is InChI=1S/C17H20ClNO/c1-11(2)20-13-7-8-16-14(9-13)15(18)10-17(19-16)12-5-3-4-6-12/h7-12H,3-6H2,1-2H3. The highest BCUT2D eigenvalue weighted by atomic mass is 35.5. The first-order chi connectivity index (χ1) is 9.63. The molecular weight excluding hydrogens is 270 g/mol. The summed E-state index contributed by atoms with van der Waals surface area (Å²) in [5.74, 6) is 1.44. The molecule has 0 bridgehead atoms. The Bertz CT molecular complexity index is 618. The SMILES string of the molecule is CC(C)Oc1ccc2nc(C3CCCC3)cc(Cl)c2c1. The molecular formula is C17H20ClNO. The lowest BCUT2D eigenvalue weighted by Crippen LogP contribution is -2.05. The third-order valence-corrected chi connectivity index (χ3v) is 4.21. The van der Waals surface area contributed by atoms with Gasteiger partial charge >= 0.3 is 0 Å². The summed E-state index contributed by atoms with van der Waals surface area (Å²) in [5.41, 5.74) is 2.12. The normalized spacial score (nSPS) is 16.2. The minimum Gasteiger partial charge on any atom is -0.491 e. The number of pyridine rings is 1. The van der Waals surface area contributed by atoms with E-state index in [9.17, 15) is 0 Å². The number of ether oxygens (including phenoxy) is 1. The molecule has 0 N–H and O–H groups in total. The molecule has 1 aromatic carbocycles. The highest BCUT2D eigenvalue weighted by Crippen LogP contribution is 2.36. The van der Waals surface area contributed by atoms with Crippen molar-refractivity contribution >= 4 is 22.5 Å². The van der Waals surface area contributed by atoms with Crippen molar-refractivity contribution in [1.82, 2.24) is 4.98 Å². The number of benzene rings is 1. The summed E-state index contributed by atoms with van der Waals surface area (Å²) in [6.07, 6.45) is 5.26. The molecule has 0 amide bonds. The Morgan fingerprint density at radius 1 is 1.20 bits per heavy atom. The molecule has 1 saturated carbocycles. The average Bonchev–Trinajstić information content (AvgIpc) is 2.92. The van der Waals surface area contributed by atoms with E-state index in [1.807, 2.05) is 38.1 Å². The van der Waals surface area contributed by atoms with E-state index < -0.39 is 0 Å². The van der Waals surface area contributed by atoms with Crippen LogP contribution in [0.3, 0.4) is 0 Å². The van der Waals surface area contributed by atoms with E-state index in [1.165, 1.54) is 25.7 Å². The molecule has 0 unspecified atom stereocenters. The van der Waals surface area contributed by atoms with Crippen molar-refractivity contribution in [2.24, 2.45) is 0 Å². The summed E-state index contributed by atoms with van der Waals surface area (Å²) >= 11 is 6.45. The van der Waals surface area contributed by atoms with Crippen LogP contribution in [-0.2, 0) is 0 Å². The lowest BCUT2D eigenvalue weighted by atomic mass is 10.0. The molecule has 0 radical (unpaired) electrons. The van der Waals surface area contributed by atoms with Crippen LogP contribution in [0.2, 0.25) is 5.02 Å². The molecule has 1 aliphatic carbocycles. The van der Waals surface area contributed by atoms with Crippen LogP contribution >= 0.6 is 11.6 Å². The fourth-order valence-electron chi connectivity index (χ4n) is 2.96. The second-order valence-corrected chi connectivity index (χ2v) is 6.26. The van der Waals surface area contributed by atoms with Gasteiger partial charge in [-0.15, -0.1) is 0 Å². The van der Waals surface area contributed by atoms with E-state index in [-0.39, 0.29) is 6.10 Å². The van der Waals surface area contributed by atoms with Crippen molar-refractivity contribution in [3.8, 4) is 5.75 Å². The smallest absolute Gasteiger partial charge is 0.120 e. The van der Waals surface area contributed by atoms with E-state index in [4.69, 9.17) is 21.3 Å². The predicted octanol–water partition coefficient (Wildman–Crippen LogP) is 5.33. The largest absolute Gasteiger partial charge is 0.491 e. The topological polar surface area (TPSA) is 22.1 Å². The summed E-state index contributed by atoms with van der Waals surface area (Å²) in [5, 5.41) is 1.76. The molecule has 1 aliphatic rings. The van der Waals surface area contributed by atoms with Gasteiger partial charge in [-0.1, -0.05) is 24.4 Å². The van der Waals surface area contributed by atoms with Crippen LogP contribution in [0.15, 0.2) is 24.3 Å². The van der Waals surface area contributed by atoms with Crippen LogP contribution in [0.4, 0.5) is 0 Å². The average molecular weight is 290 g/mol. The maximum absolute atomic E-state index is 6.45. The van der Waals surface area contributed by atoms with Crippen LogP contribution in [0.25, 0.3) is 10.9 Å². The van der Waals surface area contributed by atoms with Gasteiger partial charge < -0.3 is 4.74 Å². The maximum Gasteiger partial charge on any atom is 0.120 e. The van der Waals surface area contributed by atoms with E-state index >= 15 is 0 Å². The Morgan fingerprint density at radius 3 is 2.65 bits per heavy atom. The molecule has 20 heavy (non-hydrogen) atoms. The van der Waals surface area contributed by atoms with Gasteiger partial charge in [0.15, 0.2) is 0 Å². The fraction of sp³-hybridized carbons (Fsp3) is 0.471. The Kier molecular flexibility index (Phi) is 3.84. The number of hydrogen-bond acceptors (Lipinski definition) is 2. The molecule has 0 saturated heterocycles. The predicted molar refractivity (Wildman–Crippen MR) is 83.7 cm³/mol. The number of rotatable bonds is 3. The van der Waals surface area contributed by atoms with Crippen molar-refractivity contribution in [1.29, 1.82) is 0 Å². The van der Waals surface area contributed by atoms with Gasteiger partial charge in [-0.2, -0.15) is 0 Å². The molecule has 3 heteroatoms. The Balaban J connectivity index is 2.00. The van der Waals surface area contributed by atoms with Crippen molar-refractivity contribution in [3.63, 3.8) is 0 Å². The molecule has 0 spiro atoms. The highest BCUT2D eigenvalue weighted by molar-refractivity contribution is 6.35. The summed E-state index contributed by atoms with van der Waals surface area (Å²) in [6, 6.07) is 8.02. The molecule has 0 atom stereocenters. The number of aromatic nitrogens is 1.